The van der Waals surface area contributed by atoms with E-state index in [0.717, 1.165) is 36.0 Å². The second kappa shape index (κ2) is 12.2. The van der Waals surface area contributed by atoms with Gasteiger partial charge in [-0.2, -0.15) is 0 Å². The summed E-state index contributed by atoms with van der Waals surface area (Å²) in [6.07, 6.45) is 7.43. The molecule has 2 N–H and O–H groups in total. The van der Waals surface area contributed by atoms with Crippen LogP contribution in [-0.4, -0.2) is 60.5 Å². The van der Waals surface area contributed by atoms with Gasteiger partial charge in [-0.1, -0.05) is 44.2 Å². The smallest absolute Gasteiger partial charge is 0.243 e. The predicted molar refractivity (Wildman–Crippen MR) is 137 cm³/mol. The van der Waals surface area contributed by atoms with E-state index in [-0.39, 0.29) is 32.6 Å². The third-order valence-corrected chi connectivity index (χ3v) is 6.83. The molecule has 1 aromatic rings. The summed E-state index contributed by atoms with van der Waals surface area (Å²) in [4.78, 5) is 41.0. The fourth-order valence-corrected chi connectivity index (χ4v) is 4.64. The van der Waals surface area contributed by atoms with Crippen molar-refractivity contribution in [2.45, 2.75) is 78.0 Å². The lowest BCUT2D eigenvalue weighted by Gasteiger charge is -2.29. The third kappa shape index (κ3) is 6.69. The zero-order valence-electron chi connectivity index (χ0n) is 20.9. The Balaban J connectivity index is 0.00000324. The Hall–Kier alpha value is -2.67. The van der Waals surface area contributed by atoms with Crippen LogP contribution in [0.2, 0.25) is 0 Å². The van der Waals surface area contributed by atoms with Crippen LogP contribution >= 0.6 is 0 Å². The van der Waals surface area contributed by atoms with Crippen molar-refractivity contribution in [2.75, 3.05) is 19.7 Å². The summed E-state index contributed by atoms with van der Waals surface area (Å²) in [5, 5.41) is 5.88. The van der Waals surface area contributed by atoms with Crippen molar-refractivity contribution in [1.29, 1.82) is 0 Å². The Morgan fingerprint density at radius 1 is 1.26 bits per heavy atom. The molecule has 2 saturated heterocycles. The second-order valence-electron chi connectivity index (χ2n) is 9.36. The quantitative estimate of drug-likeness (QED) is 0.481. The molecule has 0 aromatic heterocycles. The minimum Gasteiger partial charge on any atom is -0.371 e. The summed E-state index contributed by atoms with van der Waals surface area (Å²) in [6.45, 7) is 9.71. The lowest BCUT2D eigenvalue weighted by molar-refractivity contribution is -0.142. The Labute approximate surface area is 206 Å². The molecule has 190 valence electrons. The number of nitrogens with one attached hydrogen (secondary N) is 2. The topological polar surface area (TPSA) is 91.0 Å². The minimum atomic E-state index is -0.719. The zero-order valence-corrected chi connectivity index (χ0v) is 20.9. The van der Waals surface area contributed by atoms with Crippen molar-refractivity contribution < 1.29 is 22.0 Å². The van der Waals surface area contributed by atoms with Gasteiger partial charge in [-0.15, -0.1) is 0 Å². The SMILES string of the molecule is C/C=C\c1ccc(C[C@@H](NC(=O)C2CCCN2C(=O)C(CC)CC)C(=O)NCC2CO2)cc1C.[HH].[HH]. The van der Waals surface area contributed by atoms with E-state index >= 15 is 0 Å². The largest absolute Gasteiger partial charge is 0.371 e. The average molecular weight is 474 g/mol. The van der Waals surface area contributed by atoms with Crippen LogP contribution in [0.1, 0.15) is 66.0 Å². The van der Waals surface area contributed by atoms with Gasteiger partial charge in [0.1, 0.15) is 12.1 Å². The van der Waals surface area contributed by atoms with Gasteiger partial charge in [-0.25, -0.2) is 0 Å². The fraction of sp³-hybridized carbons (Fsp3) is 0.593. The molecule has 2 heterocycles. The highest BCUT2D eigenvalue weighted by Gasteiger charge is 2.37. The lowest BCUT2D eigenvalue weighted by Crippen LogP contribution is -2.54. The number of nitrogens with zero attached hydrogens (tertiary/aromatic N) is 1. The average Bonchev–Trinajstić information content (AvgIpc) is 3.52. The number of allylic oxidation sites excluding steroid dienone is 1. The van der Waals surface area contributed by atoms with Crippen LogP contribution in [0.3, 0.4) is 0 Å². The molecule has 0 aliphatic carbocycles. The molecular formula is C27H43N3O4. The summed E-state index contributed by atoms with van der Waals surface area (Å²) >= 11 is 0. The first kappa shape index (κ1) is 25.9. The van der Waals surface area contributed by atoms with Gasteiger partial charge in [-0.3, -0.25) is 14.4 Å². The van der Waals surface area contributed by atoms with Crippen LogP contribution in [0.25, 0.3) is 6.08 Å². The van der Waals surface area contributed by atoms with Crippen molar-refractivity contribution in [3.05, 3.63) is 41.0 Å². The predicted octanol–water partition coefficient (Wildman–Crippen LogP) is 3.49. The number of carbonyl (C=O) groups excluding carboxylic acids is 3. The summed E-state index contributed by atoms with van der Waals surface area (Å²) in [5.74, 6) is -0.494. The number of aryl methyl sites for hydroxylation is 1. The Morgan fingerprint density at radius 2 is 2.00 bits per heavy atom. The molecular weight excluding hydrogens is 430 g/mol. The molecule has 3 amide bonds. The molecule has 0 bridgehead atoms. The molecule has 2 aliphatic heterocycles. The van der Waals surface area contributed by atoms with E-state index in [1.165, 1.54) is 0 Å². The maximum Gasteiger partial charge on any atom is 0.243 e. The monoisotopic (exact) mass is 473 g/mol. The highest BCUT2D eigenvalue weighted by atomic mass is 16.6. The normalized spacial score (nSPS) is 20.6. The van der Waals surface area contributed by atoms with Crippen molar-refractivity contribution in [2.24, 2.45) is 5.92 Å². The summed E-state index contributed by atoms with van der Waals surface area (Å²) in [7, 11) is 0. The van der Waals surface area contributed by atoms with Crippen molar-refractivity contribution in [1.82, 2.24) is 15.5 Å². The van der Waals surface area contributed by atoms with Crippen molar-refractivity contribution in [3.63, 3.8) is 0 Å². The van der Waals surface area contributed by atoms with Gasteiger partial charge in [0, 0.05) is 28.3 Å². The number of benzene rings is 1. The molecule has 0 spiro atoms. The van der Waals surface area contributed by atoms with E-state index < -0.39 is 12.1 Å². The van der Waals surface area contributed by atoms with Gasteiger partial charge in [0.2, 0.25) is 17.7 Å². The Morgan fingerprint density at radius 3 is 2.62 bits per heavy atom. The molecule has 2 aliphatic rings. The number of hydrogen-bond donors (Lipinski definition) is 2. The lowest BCUT2D eigenvalue weighted by atomic mass is 9.99. The van der Waals surface area contributed by atoms with Crippen LogP contribution in [0.15, 0.2) is 24.3 Å². The van der Waals surface area contributed by atoms with Crippen LogP contribution in [0.5, 0.6) is 0 Å². The highest BCUT2D eigenvalue weighted by Crippen LogP contribution is 2.23. The van der Waals surface area contributed by atoms with E-state index in [1.807, 2.05) is 52.0 Å². The van der Waals surface area contributed by atoms with E-state index in [1.54, 1.807) is 4.90 Å². The Kier molecular flexibility index (Phi) is 9.28. The van der Waals surface area contributed by atoms with Gasteiger partial charge in [0.05, 0.1) is 12.7 Å². The number of hydrogen-bond acceptors (Lipinski definition) is 4. The van der Waals surface area contributed by atoms with Gasteiger partial charge in [-0.05, 0) is 56.2 Å². The fourth-order valence-electron chi connectivity index (χ4n) is 4.64. The molecule has 3 rings (SSSR count). The molecule has 2 unspecified atom stereocenters. The molecule has 0 saturated carbocycles. The summed E-state index contributed by atoms with van der Waals surface area (Å²) < 4.78 is 5.20. The first-order valence-corrected chi connectivity index (χ1v) is 12.6. The zero-order chi connectivity index (χ0) is 24.7. The van der Waals surface area contributed by atoms with Crippen LogP contribution in [0.4, 0.5) is 0 Å². The molecule has 7 heteroatoms. The third-order valence-electron chi connectivity index (χ3n) is 6.83. The second-order valence-corrected chi connectivity index (χ2v) is 9.36. The highest BCUT2D eigenvalue weighted by molar-refractivity contribution is 5.93. The van der Waals surface area contributed by atoms with E-state index in [0.29, 0.717) is 32.5 Å². The molecule has 7 nitrogen and oxygen atoms in total. The number of ether oxygens (including phenoxy) is 1. The van der Waals surface area contributed by atoms with Crippen LogP contribution in [0, 0.1) is 12.8 Å². The van der Waals surface area contributed by atoms with E-state index in [4.69, 9.17) is 4.74 Å². The summed E-state index contributed by atoms with van der Waals surface area (Å²) in [5.41, 5.74) is 3.22. The maximum absolute atomic E-state index is 13.3. The molecule has 3 atom stereocenters. The molecule has 0 radical (unpaired) electrons. The molecule has 1 aromatic carbocycles. The van der Waals surface area contributed by atoms with E-state index in [9.17, 15) is 14.4 Å². The number of epoxide rings is 1. The number of carbonyl (C=O) groups is 3. The standard InChI is InChI=1S/C27H39N3O4.2H2/c1-5-9-21-12-11-19(14-18(21)4)15-23(25(31)28-16-22-17-34-22)29-26(32)24-10-8-13-30(24)27(33)20(6-2)7-3;;/h5,9,11-12,14,20,22-24H,6-8,10,13,15-17H2,1-4H3,(H,28,31)(H,29,32);2*1H/b9-5-;;/t22?,23-,24?;;/m1../s1. The number of amides is 3. The first-order valence-electron chi connectivity index (χ1n) is 12.6. The molecule has 2 fully saturated rings. The van der Waals surface area contributed by atoms with Gasteiger partial charge < -0.3 is 20.3 Å². The van der Waals surface area contributed by atoms with Crippen molar-refractivity contribution >= 4 is 23.8 Å². The maximum atomic E-state index is 13.3. The Bertz CT molecular complexity index is 916. The van der Waals surface area contributed by atoms with Crippen LogP contribution in [-0.2, 0) is 25.5 Å². The van der Waals surface area contributed by atoms with Crippen LogP contribution < -0.4 is 10.6 Å². The van der Waals surface area contributed by atoms with E-state index in [2.05, 4.69) is 16.7 Å². The minimum absolute atomic E-state index is 0. The number of rotatable bonds is 11. The first-order chi connectivity index (χ1) is 16.4. The van der Waals surface area contributed by atoms with Gasteiger partial charge in [0.15, 0.2) is 0 Å². The summed E-state index contributed by atoms with van der Waals surface area (Å²) in [6, 6.07) is 4.85. The van der Waals surface area contributed by atoms with Crippen molar-refractivity contribution in [3.8, 4) is 0 Å². The molecule has 34 heavy (non-hydrogen) atoms. The van der Waals surface area contributed by atoms with Gasteiger partial charge >= 0.3 is 0 Å². The van der Waals surface area contributed by atoms with Gasteiger partial charge in [0.25, 0.3) is 0 Å². The number of likely N-dealkylation sites (tertiary alicyclic amines) is 1.